The summed E-state index contributed by atoms with van der Waals surface area (Å²) in [6.45, 7) is 0. The van der Waals surface area contributed by atoms with E-state index in [-0.39, 0.29) is 17.4 Å². The van der Waals surface area contributed by atoms with Gasteiger partial charge in [0.15, 0.2) is 5.76 Å². The zero-order valence-electron chi connectivity index (χ0n) is 12.8. The molecular formula is C14H10ClN7O4. The molecule has 26 heavy (non-hydrogen) atoms. The highest BCUT2D eigenvalue weighted by Crippen LogP contribution is 2.30. The fraction of sp³-hybridized carbons (Fsp3) is 0. The Labute approximate surface area is 150 Å². The van der Waals surface area contributed by atoms with E-state index < -0.39 is 16.5 Å². The first-order valence-corrected chi connectivity index (χ1v) is 7.40. The fourth-order valence-electron chi connectivity index (χ4n) is 1.89. The maximum absolute atomic E-state index is 11.8. The first-order chi connectivity index (χ1) is 12.5. The number of carbonyl (C=O) groups excluding carboxylic acids is 1. The van der Waals surface area contributed by atoms with Gasteiger partial charge in [-0.15, -0.1) is 0 Å². The summed E-state index contributed by atoms with van der Waals surface area (Å²) in [5, 5.41) is 14.5. The summed E-state index contributed by atoms with van der Waals surface area (Å²) >= 11 is 5.75. The van der Waals surface area contributed by atoms with Gasteiger partial charge < -0.3 is 9.73 Å². The van der Waals surface area contributed by atoms with Crippen LogP contribution in [0.4, 0.5) is 23.1 Å². The molecule has 3 aromatic rings. The molecule has 3 N–H and O–H groups in total. The molecule has 3 aromatic heterocycles. The maximum atomic E-state index is 11.8. The number of amides is 1. The molecule has 132 valence electrons. The lowest BCUT2D eigenvalue weighted by Crippen LogP contribution is -2.30. The molecule has 0 aromatic carbocycles. The minimum absolute atomic E-state index is 0.0259. The third kappa shape index (κ3) is 3.84. The van der Waals surface area contributed by atoms with E-state index in [1.165, 1.54) is 30.7 Å². The number of carbonyl (C=O) groups is 1. The molecule has 0 radical (unpaired) electrons. The lowest BCUT2D eigenvalue weighted by Gasteiger charge is -2.10. The minimum Gasteiger partial charge on any atom is -0.459 e. The number of halogens is 1. The largest absolute Gasteiger partial charge is 0.459 e. The van der Waals surface area contributed by atoms with Crippen molar-refractivity contribution < 1.29 is 14.1 Å². The lowest BCUT2D eigenvalue weighted by molar-refractivity contribution is -0.383. The third-order valence-electron chi connectivity index (χ3n) is 3.02. The van der Waals surface area contributed by atoms with E-state index >= 15 is 0 Å². The Bertz CT molecular complexity index is 931. The summed E-state index contributed by atoms with van der Waals surface area (Å²) in [7, 11) is 0. The summed E-state index contributed by atoms with van der Waals surface area (Å²) < 4.78 is 4.92. The molecular weight excluding hydrogens is 366 g/mol. The molecule has 0 atom stereocenters. The molecule has 0 aliphatic heterocycles. The molecule has 12 heteroatoms. The first kappa shape index (κ1) is 17.1. The van der Waals surface area contributed by atoms with Gasteiger partial charge in [0.05, 0.1) is 16.2 Å². The van der Waals surface area contributed by atoms with E-state index in [9.17, 15) is 14.9 Å². The Hall–Kier alpha value is -3.73. The molecule has 0 aliphatic carbocycles. The van der Waals surface area contributed by atoms with E-state index in [4.69, 9.17) is 16.0 Å². The molecule has 0 bridgehead atoms. The van der Waals surface area contributed by atoms with Crippen LogP contribution in [0.3, 0.4) is 0 Å². The van der Waals surface area contributed by atoms with Crippen molar-refractivity contribution in [1.29, 1.82) is 0 Å². The minimum atomic E-state index is -0.695. The predicted molar refractivity (Wildman–Crippen MR) is 91.0 cm³/mol. The van der Waals surface area contributed by atoms with Gasteiger partial charge in [0.2, 0.25) is 11.6 Å². The first-order valence-electron chi connectivity index (χ1n) is 7.02. The van der Waals surface area contributed by atoms with Gasteiger partial charge in [0.25, 0.3) is 0 Å². The van der Waals surface area contributed by atoms with Crippen LogP contribution in [0, 0.1) is 10.1 Å². The summed E-state index contributed by atoms with van der Waals surface area (Å²) in [6.07, 6.45) is 3.79. The van der Waals surface area contributed by atoms with Gasteiger partial charge in [-0.25, -0.2) is 15.0 Å². The number of nitrogens with one attached hydrogen (secondary N) is 3. The average molecular weight is 376 g/mol. The quantitative estimate of drug-likeness (QED) is 0.436. The van der Waals surface area contributed by atoms with E-state index in [1.54, 1.807) is 6.07 Å². The highest BCUT2D eigenvalue weighted by atomic mass is 35.5. The van der Waals surface area contributed by atoms with Crippen molar-refractivity contribution in [2.45, 2.75) is 0 Å². The number of furan rings is 1. The normalized spacial score (nSPS) is 10.2. The Morgan fingerprint density at radius 2 is 2.00 bits per heavy atom. The number of nitro groups is 1. The van der Waals surface area contributed by atoms with Gasteiger partial charge in [-0.05, 0) is 24.3 Å². The van der Waals surface area contributed by atoms with Gasteiger partial charge in [-0.1, -0.05) is 11.6 Å². The Balaban J connectivity index is 1.82. The van der Waals surface area contributed by atoms with Crippen LogP contribution in [0.2, 0.25) is 5.02 Å². The Morgan fingerprint density at radius 1 is 1.19 bits per heavy atom. The van der Waals surface area contributed by atoms with Crippen molar-refractivity contribution in [3.8, 4) is 0 Å². The average Bonchev–Trinajstić information content (AvgIpc) is 3.16. The van der Waals surface area contributed by atoms with Crippen LogP contribution in [-0.2, 0) is 0 Å². The van der Waals surface area contributed by atoms with Gasteiger partial charge in [-0.3, -0.25) is 25.8 Å². The van der Waals surface area contributed by atoms with Crippen molar-refractivity contribution in [3.05, 3.63) is 63.9 Å². The van der Waals surface area contributed by atoms with Crippen molar-refractivity contribution in [1.82, 2.24) is 20.4 Å². The van der Waals surface area contributed by atoms with Crippen LogP contribution in [0.25, 0.3) is 0 Å². The maximum Gasteiger partial charge on any atom is 0.355 e. The van der Waals surface area contributed by atoms with Crippen LogP contribution >= 0.6 is 11.6 Å². The Morgan fingerprint density at radius 3 is 2.65 bits per heavy atom. The number of rotatable bonds is 6. The molecule has 0 unspecified atom stereocenters. The van der Waals surface area contributed by atoms with Crippen LogP contribution < -0.4 is 16.2 Å². The molecule has 0 saturated heterocycles. The molecule has 3 rings (SSSR count). The van der Waals surface area contributed by atoms with Gasteiger partial charge in [0.1, 0.15) is 12.1 Å². The highest BCUT2D eigenvalue weighted by molar-refractivity contribution is 6.30. The second-order valence-corrected chi connectivity index (χ2v) is 5.16. The van der Waals surface area contributed by atoms with Crippen molar-refractivity contribution in [2.24, 2.45) is 0 Å². The van der Waals surface area contributed by atoms with Crippen LogP contribution in [-0.4, -0.2) is 25.8 Å². The second-order valence-electron chi connectivity index (χ2n) is 4.72. The summed E-state index contributed by atoms with van der Waals surface area (Å²) in [4.78, 5) is 34.2. The fourth-order valence-corrected chi connectivity index (χ4v) is 2.00. The molecule has 0 aliphatic rings. The number of nitrogens with zero attached hydrogens (tertiary/aromatic N) is 4. The predicted octanol–water partition coefficient (Wildman–Crippen LogP) is 2.53. The monoisotopic (exact) mass is 375 g/mol. The molecule has 3 heterocycles. The smallest absolute Gasteiger partial charge is 0.355 e. The summed E-state index contributed by atoms with van der Waals surface area (Å²) in [5.74, 6) is -0.646. The number of hydrogen-bond donors (Lipinski definition) is 3. The topological polar surface area (TPSA) is 148 Å². The van der Waals surface area contributed by atoms with Crippen molar-refractivity contribution >= 4 is 40.6 Å². The molecule has 0 saturated carbocycles. The number of anilines is 3. The number of aromatic nitrogens is 3. The lowest BCUT2D eigenvalue weighted by atomic mass is 10.4. The van der Waals surface area contributed by atoms with E-state index in [0.717, 1.165) is 6.33 Å². The second kappa shape index (κ2) is 7.44. The number of hydrazine groups is 1. The molecule has 1 amide bonds. The molecule has 11 nitrogen and oxygen atoms in total. The number of hydrogen-bond acceptors (Lipinski definition) is 9. The van der Waals surface area contributed by atoms with Crippen LogP contribution in [0.15, 0.2) is 47.5 Å². The number of pyridine rings is 1. The van der Waals surface area contributed by atoms with E-state index in [0.29, 0.717) is 10.8 Å². The molecule has 0 spiro atoms. The van der Waals surface area contributed by atoms with Gasteiger partial charge >= 0.3 is 11.6 Å². The standard InChI is InChI=1S/C14H10ClN7O4/c15-8-3-4-10(16-6-8)19-12-11(22(24)25)13(18-7-17-12)20-21-14(23)9-2-1-5-26-9/h1-7H,(H,21,23)(H2,16,17,18,19,20). The van der Waals surface area contributed by atoms with Gasteiger partial charge in [0, 0.05) is 6.20 Å². The van der Waals surface area contributed by atoms with Crippen LogP contribution in [0.5, 0.6) is 0 Å². The van der Waals surface area contributed by atoms with Gasteiger partial charge in [-0.2, -0.15) is 0 Å². The molecule has 0 fully saturated rings. The highest BCUT2D eigenvalue weighted by Gasteiger charge is 2.24. The summed E-state index contributed by atoms with van der Waals surface area (Å²) in [5.41, 5.74) is 4.16. The SMILES string of the molecule is O=C(NNc1ncnc(Nc2ccc(Cl)cn2)c1[N+](=O)[O-])c1ccco1. The summed E-state index contributed by atoms with van der Waals surface area (Å²) in [6, 6.07) is 6.06. The van der Waals surface area contributed by atoms with E-state index in [2.05, 4.69) is 31.1 Å². The third-order valence-corrected chi connectivity index (χ3v) is 3.24. The van der Waals surface area contributed by atoms with Crippen LogP contribution in [0.1, 0.15) is 10.6 Å². The van der Waals surface area contributed by atoms with E-state index in [1.807, 2.05) is 0 Å². The van der Waals surface area contributed by atoms with Crippen molar-refractivity contribution in [3.63, 3.8) is 0 Å². The zero-order valence-corrected chi connectivity index (χ0v) is 13.6. The van der Waals surface area contributed by atoms with Crippen molar-refractivity contribution in [2.75, 3.05) is 10.7 Å². The zero-order chi connectivity index (χ0) is 18.5. The Kier molecular flexibility index (Phi) is 4.90.